The maximum Gasteiger partial charge on any atom is 0.312 e. The van der Waals surface area contributed by atoms with Crippen LogP contribution in [0.5, 0.6) is 11.5 Å². The van der Waals surface area contributed by atoms with Crippen LogP contribution in [0.1, 0.15) is 60.3 Å². The minimum atomic E-state index is -0.333. The average Bonchev–Trinajstić information content (AvgIpc) is 3.10. The van der Waals surface area contributed by atoms with Crippen molar-refractivity contribution in [3.63, 3.8) is 0 Å². The monoisotopic (exact) mass is 463 g/mol. The molecule has 4 fully saturated rings. The molecule has 2 heterocycles. The van der Waals surface area contributed by atoms with E-state index in [9.17, 15) is 9.59 Å². The van der Waals surface area contributed by atoms with Gasteiger partial charge in [-0.1, -0.05) is 12.1 Å². The van der Waals surface area contributed by atoms with Crippen molar-refractivity contribution in [3.05, 3.63) is 47.3 Å². The molecule has 5 aliphatic rings. The summed E-state index contributed by atoms with van der Waals surface area (Å²) in [7, 11) is 0. The van der Waals surface area contributed by atoms with Crippen LogP contribution >= 0.6 is 0 Å². The molecule has 0 saturated heterocycles. The Bertz CT molecular complexity index is 1100. The van der Waals surface area contributed by atoms with Gasteiger partial charge in [-0.25, -0.2) is 0 Å². The predicted molar refractivity (Wildman–Crippen MR) is 126 cm³/mol. The normalized spacial score (nSPS) is 30.9. The summed E-state index contributed by atoms with van der Waals surface area (Å²) in [6, 6.07) is 9.56. The second kappa shape index (κ2) is 8.17. The van der Waals surface area contributed by atoms with Gasteiger partial charge in [0.15, 0.2) is 24.2 Å². The molecule has 0 unspecified atom stereocenters. The molecule has 0 amide bonds. The Hall–Kier alpha value is -2.76. The number of para-hydroxylation sites is 2. The van der Waals surface area contributed by atoms with Crippen molar-refractivity contribution in [2.24, 2.45) is 23.2 Å². The number of rotatable bonds is 6. The zero-order valence-corrected chi connectivity index (χ0v) is 20.0. The third-order valence-corrected chi connectivity index (χ3v) is 8.63. The number of esters is 1. The van der Waals surface area contributed by atoms with Gasteiger partial charge < -0.3 is 18.8 Å². The number of nitrogens with zero attached hydrogens (tertiary/aromatic N) is 1. The van der Waals surface area contributed by atoms with Gasteiger partial charge in [0.25, 0.3) is 0 Å². The molecule has 4 bridgehead atoms. The SMILES string of the molecule is Cc1cc(C(=O)COC(=O)C23CC4CC(CC(C4)C2)C3)c(C)n1C[C@@H]1COc2ccccc2O1. The van der Waals surface area contributed by atoms with Gasteiger partial charge in [0.1, 0.15) is 6.61 Å². The van der Waals surface area contributed by atoms with Gasteiger partial charge in [-0.3, -0.25) is 9.59 Å². The van der Waals surface area contributed by atoms with E-state index in [0.717, 1.165) is 42.1 Å². The van der Waals surface area contributed by atoms with Gasteiger partial charge in [-0.05, 0) is 88.3 Å². The zero-order valence-electron chi connectivity index (χ0n) is 20.0. The Morgan fingerprint density at radius 3 is 2.35 bits per heavy atom. The van der Waals surface area contributed by atoms with E-state index >= 15 is 0 Å². The summed E-state index contributed by atoms with van der Waals surface area (Å²) in [6.07, 6.45) is 6.54. The van der Waals surface area contributed by atoms with E-state index < -0.39 is 0 Å². The fourth-order valence-electron chi connectivity index (χ4n) is 7.44. The molecule has 6 nitrogen and oxygen atoms in total. The summed E-state index contributed by atoms with van der Waals surface area (Å²) in [4.78, 5) is 26.2. The molecule has 0 radical (unpaired) electrons. The summed E-state index contributed by atoms with van der Waals surface area (Å²) in [6.45, 7) is 4.80. The summed E-state index contributed by atoms with van der Waals surface area (Å²) in [5.41, 5.74) is 2.14. The lowest BCUT2D eigenvalue weighted by Gasteiger charge is -2.55. The number of ketones is 1. The number of hydrogen-bond acceptors (Lipinski definition) is 5. The quantitative estimate of drug-likeness (QED) is 0.451. The van der Waals surface area contributed by atoms with Crippen LogP contribution < -0.4 is 9.47 Å². The second-order valence-corrected chi connectivity index (χ2v) is 11.1. The number of aromatic nitrogens is 1. The molecule has 180 valence electrons. The number of carbonyl (C=O) groups is 2. The Kier molecular flexibility index (Phi) is 5.23. The van der Waals surface area contributed by atoms with Gasteiger partial charge >= 0.3 is 5.97 Å². The van der Waals surface area contributed by atoms with E-state index in [1.165, 1.54) is 19.3 Å². The predicted octanol–water partition coefficient (Wildman–Crippen LogP) is 4.89. The average molecular weight is 464 g/mol. The Labute approximate surface area is 200 Å². The molecule has 4 saturated carbocycles. The lowest BCUT2D eigenvalue weighted by Crippen LogP contribution is -2.50. The van der Waals surface area contributed by atoms with E-state index in [1.54, 1.807) is 0 Å². The lowest BCUT2D eigenvalue weighted by atomic mass is 9.49. The largest absolute Gasteiger partial charge is 0.486 e. The van der Waals surface area contributed by atoms with Crippen molar-refractivity contribution in [2.45, 2.75) is 65.0 Å². The van der Waals surface area contributed by atoms with Crippen molar-refractivity contribution < 1.29 is 23.8 Å². The van der Waals surface area contributed by atoms with E-state index in [4.69, 9.17) is 14.2 Å². The summed E-state index contributed by atoms with van der Waals surface area (Å²) in [5.74, 6) is 3.25. The van der Waals surface area contributed by atoms with E-state index in [-0.39, 0.29) is 29.9 Å². The van der Waals surface area contributed by atoms with Crippen LogP contribution in [-0.2, 0) is 16.1 Å². The van der Waals surface area contributed by atoms with E-state index in [0.29, 0.717) is 36.5 Å². The van der Waals surface area contributed by atoms with Crippen molar-refractivity contribution in [1.29, 1.82) is 0 Å². The van der Waals surface area contributed by atoms with E-state index in [2.05, 4.69) is 4.57 Å². The molecule has 0 N–H and O–H groups in total. The molecular weight excluding hydrogens is 430 g/mol. The molecule has 6 heteroatoms. The van der Waals surface area contributed by atoms with Crippen LogP contribution in [0.3, 0.4) is 0 Å². The highest BCUT2D eigenvalue weighted by Crippen LogP contribution is 2.60. The minimum Gasteiger partial charge on any atom is -0.486 e. The number of carbonyl (C=O) groups excluding carboxylic acids is 2. The highest BCUT2D eigenvalue weighted by atomic mass is 16.6. The number of aryl methyl sites for hydroxylation is 1. The molecular formula is C28H33NO5. The third kappa shape index (κ3) is 3.71. The number of Topliss-reactive ketones (excluding diaryl/α,β-unsaturated/α-hetero) is 1. The lowest BCUT2D eigenvalue weighted by molar-refractivity contribution is -0.170. The van der Waals surface area contributed by atoms with Crippen molar-refractivity contribution in [1.82, 2.24) is 4.57 Å². The van der Waals surface area contributed by atoms with Gasteiger partial charge in [0.2, 0.25) is 5.78 Å². The van der Waals surface area contributed by atoms with Crippen molar-refractivity contribution >= 4 is 11.8 Å². The van der Waals surface area contributed by atoms with Gasteiger partial charge in [0.05, 0.1) is 12.0 Å². The molecule has 1 aromatic heterocycles. The fraction of sp³-hybridized carbons (Fsp3) is 0.571. The van der Waals surface area contributed by atoms with E-state index in [1.807, 2.05) is 44.2 Å². The fourth-order valence-corrected chi connectivity index (χ4v) is 7.44. The Balaban J connectivity index is 1.11. The van der Waals surface area contributed by atoms with Gasteiger partial charge in [0, 0.05) is 17.0 Å². The number of benzene rings is 1. The first kappa shape index (κ1) is 21.8. The minimum absolute atomic E-state index is 0.136. The number of fused-ring (bicyclic) bond motifs is 1. The van der Waals surface area contributed by atoms with Crippen molar-refractivity contribution in [2.75, 3.05) is 13.2 Å². The molecule has 1 aliphatic heterocycles. The van der Waals surface area contributed by atoms with Crippen LogP contribution in [0.15, 0.2) is 30.3 Å². The van der Waals surface area contributed by atoms with Gasteiger partial charge in [-0.2, -0.15) is 0 Å². The molecule has 0 spiro atoms. The van der Waals surface area contributed by atoms with Crippen molar-refractivity contribution in [3.8, 4) is 11.5 Å². The molecule has 34 heavy (non-hydrogen) atoms. The van der Waals surface area contributed by atoms with Crippen LogP contribution in [0, 0.1) is 37.0 Å². The second-order valence-electron chi connectivity index (χ2n) is 11.1. The summed E-state index contributed by atoms with van der Waals surface area (Å²) in [5, 5.41) is 0. The van der Waals surface area contributed by atoms with Crippen LogP contribution in [0.25, 0.3) is 0 Å². The molecule has 7 rings (SSSR count). The Morgan fingerprint density at radius 1 is 1.03 bits per heavy atom. The zero-order chi connectivity index (χ0) is 23.4. The highest BCUT2D eigenvalue weighted by molar-refractivity contribution is 5.99. The van der Waals surface area contributed by atoms with Gasteiger partial charge in [-0.15, -0.1) is 0 Å². The summed E-state index contributed by atoms with van der Waals surface area (Å²) >= 11 is 0. The third-order valence-electron chi connectivity index (χ3n) is 8.63. The first-order valence-corrected chi connectivity index (χ1v) is 12.7. The van der Waals surface area contributed by atoms with Crippen LogP contribution in [0.2, 0.25) is 0 Å². The Morgan fingerprint density at radius 2 is 1.68 bits per heavy atom. The summed E-state index contributed by atoms with van der Waals surface area (Å²) < 4.78 is 19.7. The standard InChI is InChI=1S/C28H33NO5/c1-17-7-23(18(2)29(17)14-22-15-32-25-5-3-4-6-26(25)34-22)24(30)16-33-27(31)28-11-19-8-20(12-28)10-21(9-19)13-28/h3-7,19-22H,8-16H2,1-2H3/t19?,20?,21?,22-,28?/m1/s1. The maximum atomic E-state index is 13.1. The van der Waals surface area contributed by atoms with Crippen LogP contribution in [0.4, 0.5) is 0 Å². The topological polar surface area (TPSA) is 66.8 Å². The highest BCUT2D eigenvalue weighted by Gasteiger charge is 2.55. The molecule has 1 aromatic carbocycles. The number of hydrogen-bond donors (Lipinski definition) is 0. The maximum absolute atomic E-state index is 13.1. The first-order valence-electron chi connectivity index (χ1n) is 12.7. The molecule has 1 atom stereocenters. The first-order chi connectivity index (χ1) is 16.4. The number of ether oxygens (including phenoxy) is 3. The molecule has 4 aliphatic carbocycles. The molecule has 2 aromatic rings. The smallest absolute Gasteiger partial charge is 0.312 e. The van der Waals surface area contributed by atoms with Crippen LogP contribution in [-0.4, -0.2) is 35.6 Å².